The molecule has 2 heterocycles. The number of rotatable bonds is 12. The third-order valence-corrected chi connectivity index (χ3v) is 14.9. The number of benzene rings is 6. The largest absolute Gasteiger partial charge is 0.335 e. The molecule has 6 aromatic carbocycles. The number of hydrogen-bond donors (Lipinski definition) is 0. The van der Waals surface area contributed by atoms with Crippen molar-refractivity contribution in [3.05, 3.63) is 191 Å². The molecule has 8 rings (SSSR count). The van der Waals surface area contributed by atoms with Gasteiger partial charge in [-0.2, -0.15) is 0 Å². The first-order valence-corrected chi connectivity index (χ1v) is 23.3. The molecule has 0 bridgehead atoms. The minimum absolute atomic E-state index is 0.126. The molecule has 2 fully saturated rings. The second-order valence-electron chi connectivity index (χ2n) is 15.9. The zero-order valence-electron chi connectivity index (χ0n) is 32.7. The van der Waals surface area contributed by atoms with Gasteiger partial charge in [0, 0.05) is 0 Å². The quantitative estimate of drug-likeness (QED) is 0.115. The predicted molar refractivity (Wildman–Crippen MR) is 230 cm³/mol. The second-order valence-corrected chi connectivity index (χ2v) is 20.0. The van der Waals surface area contributed by atoms with Crippen LogP contribution in [0.15, 0.2) is 158 Å². The Hall–Kier alpha value is -4.38. The molecule has 0 amide bonds. The molecule has 8 heteroatoms. The van der Waals surface area contributed by atoms with Crippen LogP contribution < -0.4 is 0 Å². The molecular weight excluding hydrogens is 746 g/mol. The lowest BCUT2D eigenvalue weighted by atomic mass is 9.91. The van der Waals surface area contributed by atoms with Gasteiger partial charge in [-0.25, -0.2) is 0 Å². The molecule has 292 valence electrons. The molecule has 0 saturated carbocycles. The number of hydrogen-bond acceptors (Lipinski definition) is 6. The Morgan fingerprint density at radius 3 is 1.16 bits per heavy atom. The Kier molecular flexibility index (Phi) is 11.9. The first kappa shape index (κ1) is 39.4. The van der Waals surface area contributed by atoms with Crippen molar-refractivity contribution in [2.24, 2.45) is 5.41 Å². The molecule has 2 saturated heterocycles. The Bertz CT molecular complexity index is 2170. The fourth-order valence-corrected chi connectivity index (χ4v) is 11.7. The SMILES string of the molecule is CC(Cc1ccc(CP2(=O)OCC3(CO2)COP(=O)(Cc2ccc(CC(C)c4ccccc4)cc2-c2ccccc2)OC3)c(-c2ccccc2)c1)c1ccccc1. The van der Waals surface area contributed by atoms with Gasteiger partial charge in [-0.05, 0) is 80.3 Å². The summed E-state index contributed by atoms with van der Waals surface area (Å²) in [7, 11) is -7.02. The van der Waals surface area contributed by atoms with Crippen molar-refractivity contribution < 1.29 is 27.2 Å². The maximum atomic E-state index is 14.2. The highest BCUT2D eigenvalue weighted by atomic mass is 31.2. The van der Waals surface area contributed by atoms with Gasteiger partial charge in [0.2, 0.25) is 0 Å². The summed E-state index contributed by atoms with van der Waals surface area (Å²) in [6.45, 7) is 4.99. The van der Waals surface area contributed by atoms with E-state index in [-0.39, 0.29) is 38.8 Å². The first-order chi connectivity index (χ1) is 27.7. The normalized spacial score (nSPS) is 23.2. The fourth-order valence-electron chi connectivity index (χ4n) is 7.92. The summed E-state index contributed by atoms with van der Waals surface area (Å²) < 4.78 is 52.9. The molecule has 2 aliphatic rings. The molecule has 1 spiro atoms. The van der Waals surface area contributed by atoms with E-state index in [4.69, 9.17) is 18.1 Å². The summed E-state index contributed by atoms with van der Waals surface area (Å²) in [4.78, 5) is 0. The topological polar surface area (TPSA) is 71.1 Å². The van der Waals surface area contributed by atoms with Crippen molar-refractivity contribution in [2.45, 2.75) is 50.8 Å². The van der Waals surface area contributed by atoms with Crippen molar-refractivity contribution in [3.63, 3.8) is 0 Å². The molecule has 2 atom stereocenters. The van der Waals surface area contributed by atoms with Crippen molar-refractivity contribution in [1.29, 1.82) is 0 Å². The zero-order chi connectivity index (χ0) is 39.3. The minimum atomic E-state index is -3.51. The highest BCUT2D eigenvalue weighted by Gasteiger charge is 2.49. The van der Waals surface area contributed by atoms with Gasteiger partial charge < -0.3 is 18.1 Å². The maximum Gasteiger partial charge on any atom is 0.335 e. The van der Waals surface area contributed by atoms with Crippen molar-refractivity contribution >= 4 is 15.2 Å². The van der Waals surface area contributed by atoms with Gasteiger partial charge >= 0.3 is 15.2 Å². The van der Waals surface area contributed by atoms with E-state index in [9.17, 15) is 9.13 Å². The minimum Gasteiger partial charge on any atom is -0.307 e. The van der Waals surface area contributed by atoms with Crippen LogP contribution >= 0.6 is 15.2 Å². The lowest BCUT2D eigenvalue weighted by Gasteiger charge is -2.43. The molecule has 0 aromatic heterocycles. The third-order valence-electron chi connectivity index (χ3n) is 11.3. The lowest BCUT2D eigenvalue weighted by molar-refractivity contribution is -0.0690. The average Bonchev–Trinajstić information content (AvgIpc) is 3.25. The zero-order valence-corrected chi connectivity index (χ0v) is 34.5. The van der Waals surface area contributed by atoms with Gasteiger partial charge in [0.1, 0.15) is 0 Å². The van der Waals surface area contributed by atoms with Gasteiger partial charge in [0.05, 0.1) is 44.2 Å². The Morgan fingerprint density at radius 2 is 0.807 bits per heavy atom. The van der Waals surface area contributed by atoms with E-state index in [1.807, 2.05) is 48.5 Å². The second kappa shape index (κ2) is 17.2. The summed E-state index contributed by atoms with van der Waals surface area (Å²) >= 11 is 0. The van der Waals surface area contributed by atoms with Gasteiger partial charge in [-0.3, -0.25) is 9.13 Å². The molecule has 6 aromatic rings. The maximum absolute atomic E-state index is 14.2. The highest BCUT2D eigenvalue weighted by Crippen LogP contribution is 2.62. The Morgan fingerprint density at radius 1 is 0.474 bits per heavy atom. The molecule has 0 aliphatic carbocycles. The van der Waals surface area contributed by atoms with Crippen molar-refractivity contribution in [1.82, 2.24) is 0 Å². The van der Waals surface area contributed by atoms with Crippen LogP contribution in [0.4, 0.5) is 0 Å². The smallest absolute Gasteiger partial charge is 0.307 e. The van der Waals surface area contributed by atoms with E-state index in [1.165, 1.54) is 22.3 Å². The van der Waals surface area contributed by atoms with Crippen LogP contribution in [0.5, 0.6) is 0 Å². The van der Waals surface area contributed by atoms with Crippen LogP contribution in [0.1, 0.15) is 59.1 Å². The molecule has 6 nitrogen and oxygen atoms in total. The van der Waals surface area contributed by atoms with Crippen LogP contribution in [0.2, 0.25) is 0 Å². The lowest BCUT2D eigenvalue weighted by Crippen LogP contribution is -2.45. The van der Waals surface area contributed by atoms with E-state index < -0.39 is 20.6 Å². The third kappa shape index (κ3) is 9.51. The molecule has 57 heavy (non-hydrogen) atoms. The van der Waals surface area contributed by atoms with Gasteiger partial charge in [-0.15, -0.1) is 0 Å². The van der Waals surface area contributed by atoms with E-state index >= 15 is 0 Å². The summed E-state index contributed by atoms with van der Waals surface area (Å²) in [6.07, 6.45) is 2.05. The van der Waals surface area contributed by atoms with Crippen LogP contribution in [0.3, 0.4) is 0 Å². The van der Waals surface area contributed by atoms with Crippen LogP contribution in [-0.4, -0.2) is 26.4 Å². The molecule has 2 unspecified atom stereocenters. The van der Waals surface area contributed by atoms with Crippen molar-refractivity contribution in [2.75, 3.05) is 26.4 Å². The fraction of sp³-hybridized carbons (Fsp3) is 0.265. The van der Waals surface area contributed by atoms with Crippen molar-refractivity contribution in [3.8, 4) is 22.3 Å². The molecule has 2 aliphatic heterocycles. The van der Waals surface area contributed by atoms with Gasteiger partial charge in [0.25, 0.3) is 0 Å². The van der Waals surface area contributed by atoms with Crippen LogP contribution in [0, 0.1) is 5.41 Å². The van der Waals surface area contributed by atoms with Gasteiger partial charge in [-0.1, -0.05) is 172 Å². The summed E-state index contributed by atoms with van der Waals surface area (Å²) in [6, 6.07) is 54.3. The van der Waals surface area contributed by atoms with E-state index in [0.29, 0.717) is 11.8 Å². The predicted octanol–water partition coefficient (Wildman–Crippen LogP) is 12.9. The first-order valence-electron chi connectivity index (χ1n) is 19.9. The summed E-state index contributed by atoms with van der Waals surface area (Å²) in [5, 5.41) is 0. The van der Waals surface area contributed by atoms with Crippen LogP contribution in [0.25, 0.3) is 22.3 Å². The standard InChI is InChI=1S/C49H50O6P2/c1-37(41-15-7-3-8-16-41)27-39-23-25-45(47(29-39)43-19-11-5-12-20-43)31-56(50)52-33-49(34-53-56)35-54-57(51,55-36-49)32-46-26-24-40(28-38(2)42-17-9-4-10-18-42)30-48(46)44-21-13-6-14-22-44/h3-26,29-30,37-38H,27-28,31-36H2,1-2H3. The summed E-state index contributed by atoms with van der Waals surface area (Å²) in [5.41, 5.74) is 10.3. The molecule has 0 N–H and O–H groups in total. The van der Waals surface area contributed by atoms with Gasteiger partial charge in [0.15, 0.2) is 0 Å². The van der Waals surface area contributed by atoms with E-state index in [2.05, 4.69) is 123 Å². The van der Waals surface area contributed by atoms with E-state index in [0.717, 1.165) is 46.2 Å². The Balaban J connectivity index is 0.933. The summed E-state index contributed by atoms with van der Waals surface area (Å²) in [5.74, 6) is 0.696. The average molecular weight is 797 g/mol. The van der Waals surface area contributed by atoms with Crippen LogP contribution in [-0.2, 0) is 52.4 Å². The molecule has 0 radical (unpaired) electrons. The highest BCUT2D eigenvalue weighted by molar-refractivity contribution is 7.53. The monoisotopic (exact) mass is 796 g/mol. The Labute approximate surface area is 337 Å². The van der Waals surface area contributed by atoms with E-state index in [1.54, 1.807) is 0 Å². The molecular formula is C49H50O6P2.